The highest BCUT2D eigenvalue weighted by Gasteiger charge is 2.18. The Labute approximate surface area is 79.2 Å². The predicted octanol–water partition coefficient (Wildman–Crippen LogP) is 1.51. The van der Waals surface area contributed by atoms with Crippen LogP contribution in [0.15, 0.2) is 6.07 Å². The van der Waals surface area contributed by atoms with Crippen LogP contribution >= 0.6 is 0 Å². The molecule has 1 unspecified atom stereocenters. The molecule has 70 valence electrons. The Hall–Kier alpha value is -0.890. The first-order valence-corrected chi connectivity index (χ1v) is 4.88. The molecule has 1 heterocycles. The highest BCUT2D eigenvalue weighted by molar-refractivity contribution is 5.34. The molecule has 2 N–H and O–H groups in total. The van der Waals surface area contributed by atoms with E-state index < -0.39 is 0 Å². The van der Waals surface area contributed by atoms with Crippen LogP contribution in [0, 0.1) is 13.8 Å². The van der Waals surface area contributed by atoms with Gasteiger partial charge in [0.05, 0.1) is 0 Å². The molecule has 2 nitrogen and oxygen atoms in total. The van der Waals surface area contributed by atoms with Gasteiger partial charge in [-0.05, 0) is 43.9 Å². The largest absolute Gasteiger partial charge is 0.327 e. The van der Waals surface area contributed by atoms with E-state index in [4.69, 9.17) is 5.73 Å². The first-order valence-electron chi connectivity index (χ1n) is 4.88. The lowest BCUT2D eigenvalue weighted by Crippen LogP contribution is -2.29. The number of fused-ring (bicyclic) bond motifs is 1. The number of nitrogens with zero attached hydrogens (tertiary/aromatic N) is 1. The van der Waals surface area contributed by atoms with Crippen LogP contribution in [0.1, 0.15) is 28.9 Å². The summed E-state index contributed by atoms with van der Waals surface area (Å²) in [5.41, 5.74) is 11.1. The SMILES string of the molecule is Cc1cc(C)c2c(n1)CC(N)CC2. The zero-order valence-corrected chi connectivity index (χ0v) is 8.30. The molecule has 0 fully saturated rings. The predicted molar refractivity (Wildman–Crippen MR) is 53.7 cm³/mol. The van der Waals surface area contributed by atoms with E-state index in [9.17, 15) is 0 Å². The molecule has 0 bridgehead atoms. The summed E-state index contributed by atoms with van der Waals surface area (Å²) in [6.45, 7) is 4.22. The van der Waals surface area contributed by atoms with Gasteiger partial charge in [-0.2, -0.15) is 0 Å². The van der Waals surface area contributed by atoms with Crippen molar-refractivity contribution in [2.75, 3.05) is 0 Å². The van der Waals surface area contributed by atoms with Gasteiger partial charge in [-0.3, -0.25) is 4.98 Å². The van der Waals surface area contributed by atoms with Crippen LogP contribution in [0.25, 0.3) is 0 Å². The zero-order chi connectivity index (χ0) is 9.42. The zero-order valence-electron chi connectivity index (χ0n) is 8.30. The van der Waals surface area contributed by atoms with Gasteiger partial charge in [0.2, 0.25) is 0 Å². The van der Waals surface area contributed by atoms with Gasteiger partial charge < -0.3 is 5.73 Å². The summed E-state index contributed by atoms with van der Waals surface area (Å²) >= 11 is 0. The molecule has 1 aromatic heterocycles. The monoisotopic (exact) mass is 176 g/mol. The second-order valence-corrected chi connectivity index (χ2v) is 4.01. The van der Waals surface area contributed by atoms with Crippen molar-refractivity contribution in [1.82, 2.24) is 4.98 Å². The Morgan fingerprint density at radius 2 is 2.23 bits per heavy atom. The molecule has 0 radical (unpaired) electrons. The van der Waals surface area contributed by atoms with E-state index in [1.807, 2.05) is 6.92 Å². The third-order valence-corrected chi connectivity index (χ3v) is 2.78. The lowest BCUT2D eigenvalue weighted by atomic mass is 9.89. The van der Waals surface area contributed by atoms with E-state index in [0.29, 0.717) is 6.04 Å². The van der Waals surface area contributed by atoms with Crippen molar-refractivity contribution in [3.63, 3.8) is 0 Å². The van der Waals surface area contributed by atoms with E-state index in [1.165, 1.54) is 16.8 Å². The topological polar surface area (TPSA) is 38.9 Å². The third-order valence-electron chi connectivity index (χ3n) is 2.78. The van der Waals surface area contributed by atoms with E-state index in [0.717, 1.165) is 25.0 Å². The van der Waals surface area contributed by atoms with Crippen molar-refractivity contribution in [3.8, 4) is 0 Å². The lowest BCUT2D eigenvalue weighted by Gasteiger charge is -2.22. The normalized spacial score (nSPS) is 21.3. The fraction of sp³-hybridized carbons (Fsp3) is 0.545. The summed E-state index contributed by atoms with van der Waals surface area (Å²) in [7, 11) is 0. The fourth-order valence-corrected chi connectivity index (χ4v) is 2.13. The van der Waals surface area contributed by atoms with Gasteiger partial charge in [-0.1, -0.05) is 0 Å². The Balaban J connectivity index is 2.47. The summed E-state index contributed by atoms with van der Waals surface area (Å²) in [5.74, 6) is 0. The van der Waals surface area contributed by atoms with E-state index in [-0.39, 0.29) is 0 Å². The number of nitrogens with two attached hydrogens (primary N) is 1. The van der Waals surface area contributed by atoms with Crippen LogP contribution in [0.3, 0.4) is 0 Å². The Bertz CT molecular complexity index is 331. The van der Waals surface area contributed by atoms with Crippen molar-refractivity contribution in [2.45, 2.75) is 39.2 Å². The van der Waals surface area contributed by atoms with E-state index in [2.05, 4.69) is 18.0 Å². The van der Waals surface area contributed by atoms with Crippen molar-refractivity contribution >= 4 is 0 Å². The molecule has 2 heteroatoms. The highest BCUT2D eigenvalue weighted by atomic mass is 14.7. The van der Waals surface area contributed by atoms with Gasteiger partial charge in [0.25, 0.3) is 0 Å². The minimum Gasteiger partial charge on any atom is -0.327 e. The number of aromatic nitrogens is 1. The Kier molecular flexibility index (Phi) is 2.08. The Morgan fingerprint density at radius 1 is 1.46 bits per heavy atom. The molecule has 0 saturated carbocycles. The summed E-state index contributed by atoms with van der Waals surface area (Å²) in [6.07, 6.45) is 3.17. The van der Waals surface area contributed by atoms with Gasteiger partial charge in [0.15, 0.2) is 0 Å². The second-order valence-electron chi connectivity index (χ2n) is 4.01. The maximum Gasteiger partial charge on any atom is 0.0456 e. The lowest BCUT2D eigenvalue weighted by molar-refractivity contribution is 0.562. The van der Waals surface area contributed by atoms with Crippen LogP contribution < -0.4 is 5.73 Å². The van der Waals surface area contributed by atoms with E-state index >= 15 is 0 Å². The minimum absolute atomic E-state index is 0.321. The average molecular weight is 176 g/mol. The molecule has 0 saturated heterocycles. The van der Waals surface area contributed by atoms with Crippen molar-refractivity contribution in [1.29, 1.82) is 0 Å². The molecule has 1 aliphatic carbocycles. The maximum absolute atomic E-state index is 5.91. The van der Waals surface area contributed by atoms with Gasteiger partial charge in [0.1, 0.15) is 0 Å². The number of pyridine rings is 1. The number of aryl methyl sites for hydroxylation is 2. The third kappa shape index (κ3) is 1.59. The molecule has 0 aromatic carbocycles. The molecule has 1 atom stereocenters. The second kappa shape index (κ2) is 3.11. The molecule has 1 aromatic rings. The van der Waals surface area contributed by atoms with Gasteiger partial charge >= 0.3 is 0 Å². The molecule has 0 amide bonds. The van der Waals surface area contributed by atoms with Crippen molar-refractivity contribution in [3.05, 3.63) is 28.6 Å². The van der Waals surface area contributed by atoms with Crippen LogP contribution in [0.5, 0.6) is 0 Å². The van der Waals surface area contributed by atoms with Crippen molar-refractivity contribution < 1.29 is 0 Å². The summed E-state index contributed by atoms with van der Waals surface area (Å²) < 4.78 is 0. The standard InChI is InChI=1S/C11H16N2/c1-7-5-8(2)13-11-6-9(12)3-4-10(7)11/h5,9H,3-4,6,12H2,1-2H3. The van der Waals surface area contributed by atoms with Crippen LogP contribution in [0.2, 0.25) is 0 Å². The number of hydrogen-bond donors (Lipinski definition) is 1. The minimum atomic E-state index is 0.321. The summed E-state index contributed by atoms with van der Waals surface area (Å²) in [4.78, 5) is 4.54. The van der Waals surface area contributed by atoms with Crippen LogP contribution in [-0.4, -0.2) is 11.0 Å². The Morgan fingerprint density at radius 3 is 3.00 bits per heavy atom. The summed E-state index contributed by atoms with van der Waals surface area (Å²) in [6, 6.07) is 2.48. The fourth-order valence-electron chi connectivity index (χ4n) is 2.13. The van der Waals surface area contributed by atoms with Crippen LogP contribution in [-0.2, 0) is 12.8 Å². The number of hydrogen-bond acceptors (Lipinski definition) is 2. The molecule has 2 rings (SSSR count). The molecule has 1 aliphatic rings. The van der Waals surface area contributed by atoms with Crippen LogP contribution in [0.4, 0.5) is 0 Å². The first-order chi connectivity index (χ1) is 6.16. The molecule has 0 spiro atoms. The van der Waals surface area contributed by atoms with Gasteiger partial charge in [-0.25, -0.2) is 0 Å². The molecular formula is C11H16N2. The average Bonchev–Trinajstić information content (AvgIpc) is 2.02. The first kappa shape index (κ1) is 8.70. The van der Waals surface area contributed by atoms with Gasteiger partial charge in [0, 0.05) is 23.9 Å². The maximum atomic E-state index is 5.91. The van der Waals surface area contributed by atoms with Crippen molar-refractivity contribution in [2.24, 2.45) is 5.73 Å². The highest BCUT2D eigenvalue weighted by Crippen LogP contribution is 2.22. The smallest absolute Gasteiger partial charge is 0.0456 e. The molecule has 0 aliphatic heterocycles. The molecular weight excluding hydrogens is 160 g/mol. The number of rotatable bonds is 0. The van der Waals surface area contributed by atoms with E-state index in [1.54, 1.807) is 0 Å². The molecule has 13 heavy (non-hydrogen) atoms. The van der Waals surface area contributed by atoms with Gasteiger partial charge in [-0.15, -0.1) is 0 Å². The summed E-state index contributed by atoms with van der Waals surface area (Å²) in [5, 5.41) is 0. The quantitative estimate of drug-likeness (QED) is 0.651.